The number of piperidine rings is 1. The third-order valence-corrected chi connectivity index (χ3v) is 6.33. The van der Waals surface area contributed by atoms with Crippen LogP contribution in [0.5, 0.6) is 0 Å². The molecule has 0 aliphatic carbocycles. The zero-order valence-corrected chi connectivity index (χ0v) is 15.4. The zero-order chi connectivity index (χ0) is 17.7. The van der Waals surface area contributed by atoms with Crippen LogP contribution in [0, 0.1) is 19.8 Å². The van der Waals surface area contributed by atoms with Crippen LogP contribution in [0.3, 0.4) is 0 Å². The molecule has 1 aliphatic heterocycles. The van der Waals surface area contributed by atoms with E-state index < -0.39 is 10.0 Å². The summed E-state index contributed by atoms with van der Waals surface area (Å²) in [6, 6.07) is 5.89. The number of methoxy groups -OCH3 is 1. The first-order valence-electron chi connectivity index (χ1n) is 8.19. The second-order valence-electron chi connectivity index (χ2n) is 6.24. The molecular weight excluding hydrogens is 328 g/mol. The lowest BCUT2D eigenvalue weighted by atomic mass is 9.96. The first-order valence-corrected chi connectivity index (χ1v) is 9.80. The molecular formula is C17H26N2O4S. The molecule has 134 valence electrons. The van der Waals surface area contributed by atoms with Gasteiger partial charge in [0.2, 0.25) is 15.9 Å². The Morgan fingerprint density at radius 1 is 1.25 bits per heavy atom. The highest BCUT2D eigenvalue weighted by Gasteiger charge is 2.31. The van der Waals surface area contributed by atoms with Crippen molar-refractivity contribution in [2.45, 2.75) is 26.7 Å². The van der Waals surface area contributed by atoms with E-state index in [1.807, 2.05) is 32.0 Å². The van der Waals surface area contributed by atoms with Crippen molar-refractivity contribution in [1.82, 2.24) is 4.31 Å². The molecule has 0 radical (unpaired) electrons. The monoisotopic (exact) mass is 354 g/mol. The van der Waals surface area contributed by atoms with Crippen molar-refractivity contribution < 1.29 is 17.9 Å². The molecule has 0 bridgehead atoms. The van der Waals surface area contributed by atoms with Gasteiger partial charge in [-0.2, -0.15) is 0 Å². The Bertz CT molecular complexity index is 660. The van der Waals surface area contributed by atoms with Gasteiger partial charge in [-0.05, 0) is 37.8 Å². The first kappa shape index (κ1) is 18.9. The van der Waals surface area contributed by atoms with E-state index in [9.17, 15) is 13.2 Å². The fraction of sp³-hybridized carbons (Fsp3) is 0.588. The van der Waals surface area contributed by atoms with Gasteiger partial charge in [0.05, 0.1) is 12.4 Å². The molecule has 0 aromatic heterocycles. The summed E-state index contributed by atoms with van der Waals surface area (Å²) in [5, 5.41) is 3.01. The van der Waals surface area contributed by atoms with Crippen LogP contribution >= 0.6 is 0 Å². The van der Waals surface area contributed by atoms with Crippen molar-refractivity contribution in [2.24, 2.45) is 5.92 Å². The van der Waals surface area contributed by atoms with E-state index in [1.54, 1.807) is 0 Å². The van der Waals surface area contributed by atoms with Gasteiger partial charge in [0.1, 0.15) is 0 Å². The Balaban J connectivity index is 1.93. The Hall–Kier alpha value is -1.44. The van der Waals surface area contributed by atoms with Crippen molar-refractivity contribution in [2.75, 3.05) is 37.9 Å². The maximum atomic E-state index is 12.5. The molecule has 7 heteroatoms. The number of nitrogens with zero attached hydrogens (tertiary/aromatic N) is 1. The minimum Gasteiger partial charge on any atom is -0.384 e. The third-order valence-electron chi connectivity index (χ3n) is 4.49. The minimum absolute atomic E-state index is 0.0111. The molecule has 1 aliphatic rings. The van der Waals surface area contributed by atoms with Gasteiger partial charge >= 0.3 is 0 Å². The van der Waals surface area contributed by atoms with Crippen LogP contribution in [-0.4, -0.2) is 51.2 Å². The molecule has 1 N–H and O–H groups in total. The SMILES string of the molecule is COCCS(=O)(=O)N1CCC(C(=O)Nc2c(C)cccc2C)CC1. The highest BCUT2D eigenvalue weighted by Crippen LogP contribution is 2.24. The number of aryl methyl sites for hydroxylation is 2. The Morgan fingerprint density at radius 3 is 2.38 bits per heavy atom. The van der Waals surface area contributed by atoms with Gasteiger partial charge < -0.3 is 10.1 Å². The Kier molecular flexibility index (Phi) is 6.37. The molecule has 1 aromatic rings. The van der Waals surface area contributed by atoms with Crippen molar-refractivity contribution >= 4 is 21.6 Å². The summed E-state index contributed by atoms with van der Waals surface area (Å²) in [7, 11) is -1.80. The van der Waals surface area contributed by atoms with Crippen LogP contribution in [-0.2, 0) is 19.6 Å². The fourth-order valence-corrected chi connectivity index (χ4v) is 4.35. The lowest BCUT2D eigenvalue weighted by Crippen LogP contribution is -2.42. The number of amides is 1. The number of ether oxygens (including phenoxy) is 1. The van der Waals surface area contributed by atoms with Crippen molar-refractivity contribution in [3.05, 3.63) is 29.3 Å². The number of nitrogens with one attached hydrogen (secondary N) is 1. The second-order valence-corrected chi connectivity index (χ2v) is 8.33. The van der Waals surface area contributed by atoms with Crippen LogP contribution in [0.25, 0.3) is 0 Å². The first-order chi connectivity index (χ1) is 11.3. The van der Waals surface area contributed by atoms with Crippen molar-refractivity contribution in [3.8, 4) is 0 Å². The highest BCUT2D eigenvalue weighted by atomic mass is 32.2. The van der Waals surface area contributed by atoms with Gasteiger partial charge in [-0.15, -0.1) is 0 Å². The van der Waals surface area contributed by atoms with E-state index in [1.165, 1.54) is 11.4 Å². The van der Waals surface area contributed by atoms with Gasteiger partial charge in [-0.1, -0.05) is 18.2 Å². The molecule has 1 heterocycles. The van der Waals surface area contributed by atoms with Gasteiger partial charge in [0.25, 0.3) is 0 Å². The normalized spacial score (nSPS) is 17.0. The molecule has 24 heavy (non-hydrogen) atoms. The number of benzene rings is 1. The molecule has 0 atom stereocenters. The summed E-state index contributed by atoms with van der Waals surface area (Å²) >= 11 is 0. The van der Waals surface area contributed by atoms with E-state index in [2.05, 4.69) is 5.32 Å². The third kappa shape index (κ3) is 4.55. The van der Waals surface area contributed by atoms with Gasteiger partial charge in [0, 0.05) is 31.8 Å². The van der Waals surface area contributed by atoms with Crippen LogP contribution in [0.4, 0.5) is 5.69 Å². The fourth-order valence-electron chi connectivity index (χ4n) is 2.95. The smallest absolute Gasteiger partial charge is 0.227 e. The number of hydrogen-bond acceptors (Lipinski definition) is 4. The van der Waals surface area contributed by atoms with Crippen LogP contribution < -0.4 is 5.32 Å². The number of carbonyl (C=O) groups is 1. The number of sulfonamides is 1. The summed E-state index contributed by atoms with van der Waals surface area (Å²) in [6.07, 6.45) is 1.09. The largest absolute Gasteiger partial charge is 0.384 e. The van der Waals surface area contributed by atoms with Gasteiger partial charge in [0.15, 0.2) is 0 Å². The van der Waals surface area contributed by atoms with Crippen LogP contribution in [0.1, 0.15) is 24.0 Å². The van der Waals surface area contributed by atoms with Crippen LogP contribution in [0.15, 0.2) is 18.2 Å². The standard InChI is InChI=1S/C17H26N2O4S/c1-13-5-4-6-14(2)16(13)18-17(20)15-7-9-19(10-8-15)24(21,22)12-11-23-3/h4-6,15H,7-12H2,1-3H3,(H,18,20). The molecule has 1 fully saturated rings. The maximum absolute atomic E-state index is 12.5. The number of anilines is 1. The van der Waals surface area contributed by atoms with E-state index in [4.69, 9.17) is 4.74 Å². The highest BCUT2D eigenvalue weighted by molar-refractivity contribution is 7.89. The molecule has 1 aromatic carbocycles. The summed E-state index contributed by atoms with van der Waals surface area (Å²) < 4.78 is 30.6. The topological polar surface area (TPSA) is 75.7 Å². The lowest BCUT2D eigenvalue weighted by molar-refractivity contribution is -0.120. The summed E-state index contributed by atoms with van der Waals surface area (Å²) in [5.41, 5.74) is 2.92. The predicted octanol–water partition coefficient (Wildman–Crippen LogP) is 1.93. The predicted molar refractivity (Wildman–Crippen MR) is 94.5 cm³/mol. The molecule has 1 saturated heterocycles. The minimum atomic E-state index is -3.29. The molecule has 6 nitrogen and oxygen atoms in total. The van der Waals surface area contributed by atoms with Crippen molar-refractivity contribution in [1.29, 1.82) is 0 Å². The summed E-state index contributed by atoms with van der Waals surface area (Å²) in [4.78, 5) is 12.5. The number of para-hydroxylation sites is 1. The summed E-state index contributed by atoms with van der Waals surface area (Å²) in [6.45, 7) is 4.89. The maximum Gasteiger partial charge on any atom is 0.227 e. The van der Waals surface area contributed by atoms with E-state index in [0.717, 1.165) is 16.8 Å². The average Bonchev–Trinajstić information content (AvgIpc) is 2.56. The second kappa shape index (κ2) is 8.09. The van der Waals surface area contributed by atoms with Gasteiger partial charge in [-0.3, -0.25) is 4.79 Å². The van der Waals surface area contributed by atoms with E-state index in [-0.39, 0.29) is 24.2 Å². The molecule has 1 amide bonds. The van der Waals surface area contributed by atoms with Crippen LogP contribution in [0.2, 0.25) is 0 Å². The quantitative estimate of drug-likeness (QED) is 0.847. The molecule has 2 rings (SSSR count). The Morgan fingerprint density at radius 2 is 1.83 bits per heavy atom. The Labute approximate surface area is 144 Å². The number of carbonyl (C=O) groups excluding carboxylic acids is 1. The van der Waals surface area contributed by atoms with Gasteiger partial charge in [-0.25, -0.2) is 12.7 Å². The number of hydrogen-bond donors (Lipinski definition) is 1. The van der Waals surface area contributed by atoms with Crippen molar-refractivity contribution in [3.63, 3.8) is 0 Å². The molecule has 0 unspecified atom stereocenters. The average molecular weight is 354 g/mol. The zero-order valence-electron chi connectivity index (χ0n) is 14.5. The summed E-state index contributed by atoms with van der Waals surface area (Å²) in [5.74, 6) is -0.192. The molecule has 0 saturated carbocycles. The van der Waals surface area contributed by atoms with E-state index >= 15 is 0 Å². The molecule has 0 spiro atoms. The van der Waals surface area contributed by atoms with E-state index in [0.29, 0.717) is 25.9 Å². The lowest BCUT2D eigenvalue weighted by Gasteiger charge is -2.30. The number of rotatable bonds is 6.